The highest BCUT2D eigenvalue weighted by Gasteiger charge is 2.37. The summed E-state index contributed by atoms with van der Waals surface area (Å²) < 4.78 is 18.8. The number of methoxy groups -OCH3 is 1. The van der Waals surface area contributed by atoms with Gasteiger partial charge in [-0.05, 0) is 44.2 Å². The lowest BCUT2D eigenvalue weighted by Crippen LogP contribution is -2.41. The van der Waals surface area contributed by atoms with Crippen LogP contribution < -0.4 is 15.4 Å². The number of ether oxygens (including phenoxy) is 1. The van der Waals surface area contributed by atoms with Gasteiger partial charge in [-0.15, -0.1) is 0 Å². The van der Waals surface area contributed by atoms with Crippen molar-refractivity contribution in [3.63, 3.8) is 0 Å². The minimum atomic E-state index is -1.46. The smallest absolute Gasteiger partial charge is 0.239 e. The van der Waals surface area contributed by atoms with Gasteiger partial charge >= 0.3 is 0 Å². The van der Waals surface area contributed by atoms with E-state index in [9.17, 15) is 14.0 Å². The number of benzene rings is 2. The van der Waals surface area contributed by atoms with E-state index in [0.29, 0.717) is 16.5 Å². The summed E-state index contributed by atoms with van der Waals surface area (Å²) in [6, 6.07) is 10.5. The van der Waals surface area contributed by atoms with Crippen molar-refractivity contribution in [2.45, 2.75) is 13.8 Å². The Balaban J connectivity index is 2.18. The minimum Gasteiger partial charge on any atom is -0.495 e. The average molecular weight is 365 g/mol. The van der Waals surface area contributed by atoms with E-state index in [1.807, 2.05) is 0 Å². The molecule has 0 atom stereocenters. The molecule has 0 aliphatic carbocycles. The largest absolute Gasteiger partial charge is 0.495 e. The number of anilines is 2. The van der Waals surface area contributed by atoms with Gasteiger partial charge in [0.2, 0.25) is 11.8 Å². The van der Waals surface area contributed by atoms with E-state index in [1.165, 1.54) is 45.2 Å². The van der Waals surface area contributed by atoms with Crippen LogP contribution >= 0.6 is 11.6 Å². The molecule has 0 saturated heterocycles. The van der Waals surface area contributed by atoms with Crippen molar-refractivity contribution in [3.05, 3.63) is 53.3 Å². The number of hydrogen-bond acceptors (Lipinski definition) is 3. The molecule has 0 saturated carbocycles. The van der Waals surface area contributed by atoms with Gasteiger partial charge < -0.3 is 15.4 Å². The Morgan fingerprint density at radius 2 is 1.64 bits per heavy atom. The number of para-hydroxylation sites is 1. The van der Waals surface area contributed by atoms with E-state index in [2.05, 4.69) is 10.6 Å². The molecular formula is C18H18ClFN2O3. The maximum absolute atomic E-state index is 13.7. The summed E-state index contributed by atoms with van der Waals surface area (Å²) in [6.45, 7) is 2.88. The maximum Gasteiger partial charge on any atom is 0.239 e. The van der Waals surface area contributed by atoms with Crippen molar-refractivity contribution in [2.24, 2.45) is 5.41 Å². The molecule has 0 unspecified atom stereocenters. The molecule has 0 radical (unpaired) electrons. The van der Waals surface area contributed by atoms with Crippen LogP contribution in [0.2, 0.25) is 5.02 Å². The van der Waals surface area contributed by atoms with Crippen LogP contribution in [0.15, 0.2) is 42.5 Å². The van der Waals surface area contributed by atoms with Gasteiger partial charge in [-0.3, -0.25) is 9.59 Å². The first kappa shape index (κ1) is 18.7. The fourth-order valence-electron chi connectivity index (χ4n) is 2.00. The monoisotopic (exact) mass is 364 g/mol. The van der Waals surface area contributed by atoms with Crippen molar-refractivity contribution < 1.29 is 18.7 Å². The molecule has 2 amide bonds. The molecule has 5 nitrogen and oxygen atoms in total. The minimum absolute atomic E-state index is 0.00807. The average Bonchev–Trinajstić information content (AvgIpc) is 2.57. The number of carbonyl (C=O) groups excluding carboxylic acids is 2. The zero-order valence-electron chi connectivity index (χ0n) is 14.0. The molecule has 0 heterocycles. The summed E-state index contributed by atoms with van der Waals surface area (Å²) in [5, 5.41) is 5.45. The first-order valence-corrected chi connectivity index (χ1v) is 7.84. The van der Waals surface area contributed by atoms with Gasteiger partial charge in [0, 0.05) is 5.02 Å². The van der Waals surface area contributed by atoms with Crippen LogP contribution in [-0.2, 0) is 9.59 Å². The van der Waals surface area contributed by atoms with Gasteiger partial charge in [0.15, 0.2) is 0 Å². The van der Waals surface area contributed by atoms with Crippen LogP contribution in [0.1, 0.15) is 13.8 Å². The highest BCUT2D eigenvalue weighted by Crippen LogP contribution is 2.30. The van der Waals surface area contributed by atoms with E-state index in [1.54, 1.807) is 18.2 Å². The molecule has 2 aromatic carbocycles. The maximum atomic E-state index is 13.7. The number of amides is 2. The van der Waals surface area contributed by atoms with Crippen molar-refractivity contribution in [2.75, 3.05) is 17.7 Å². The summed E-state index contributed by atoms with van der Waals surface area (Å²) >= 11 is 5.93. The molecule has 0 aliphatic heterocycles. The summed E-state index contributed by atoms with van der Waals surface area (Å²) in [4.78, 5) is 25.0. The van der Waals surface area contributed by atoms with Gasteiger partial charge in [0.1, 0.15) is 17.0 Å². The Morgan fingerprint density at radius 1 is 1.04 bits per heavy atom. The van der Waals surface area contributed by atoms with Gasteiger partial charge in [-0.2, -0.15) is 0 Å². The number of halogens is 2. The van der Waals surface area contributed by atoms with Crippen LogP contribution in [0.25, 0.3) is 0 Å². The van der Waals surface area contributed by atoms with Gasteiger partial charge in [0.05, 0.1) is 18.5 Å². The number of rotatable bonds is 5. The van der Waals surface area contributed by atoms with E-state index >= 15 is 0 Å². The summed E-state index contributed by atoms with van der Waals surface area (Å²) in [5.41, 5.74) is -1.12. The third-order valence-corrected chi connectivity index (χ3v) is 3.90. The number of nitrogens with one attached hydrogen (secondary N) is 2. The molecule has 0 aliphatic rings. The summed E-state index contributed by atoms with van der Waals surface area (Å²) in [5.74, 6) is -1.40. The van der Waals surface area contributed by atoms with E-state index in [4.69, 9.17) is 16.3 Å². The summed E-state index contributed by atoms with van der Waals surface area (Å²) in [6.07, 6.45) is 0. The summed E-state index contributed by atoms with van der Waals surface area (Å²) in [7, 11) is 1.45. The molecule has 2 N–H and O–H groups in total. The Labute approximate surface area is 150 Å². The fourth-order valence-corrected chi connectivity index (χ4v) is 2.17. The zero-order valence-corrected chi connectivity index (χ0v) is 14.8. The van der Waals surface area contributed by atoms with Crippen molar-refractivity contribution in [1.82, 2.24) is 0 Å². The lowest BCUT2D eigenvalue weighted by molar-refractivity contribution is -0.135. The SMILES string of the molecule is COc1ccc(Cl)cc1NC(=O)C(C)(C)C(=O)Nc1ccccc1F. The Hall–Kier alpha value is -2.60. The van der Waals surface area contributed by atoms with Gasteiger partial charge in [0.25, 0.3) is 0 Å². The molecule has 7 heteroatoms. The topological polar surface area (TPSA) is 67.4 Å². The van der Waals surface area contributed by atoms with Crippen molar-refractivity contribution >= 4 is 34.8 Å². The molecule has 25 heavy (non-hydrogen) atoms. The molecule has 0 spiro atoms. The normalized spacial score (nSPS) is 10.9. The second-order valence-corrected chi connectivity index (χ2v) is 6.29. The molecule has 0 bridgehead atoms. The molecular weight excluding hydrogens is 347 g/mol. The first-order chi connectivity index (χ1) is 11.8. The molecule has 132 valence electrons. The van der Waals surface area contributed by atoms with E-state index < -0.39 is 23.0 Å². The standard InChI is InChI=1S/C18H18ClFN2O3/c1-18(2,16(23)21-13-7-5-4-6-12(13)20)17(24)22-14-10-11(19)8-9-15(14)25-3/h4-10H,1-3H3,(H,21,23)(H,22,24). The van der Waals surface area contributed by atoms with Crippen LogP contribution in [0, 0.1) is 11.2 Å². The Morgan fingerprint density at radius 3 is 2.24 bits per heavy atom. The van der Waals surface area contributed by atoms with E-state index in [0.717, 1.165) is 0 Å². The zero-order chi connectivity index (χ0) is 18.6. The fraction of sp³-hybridized carbons (Fsp3) is 0.222. The quantitative estimate of drug-likeness (QED) is 0.785. The van der Waals surface area contributed by atoms with Crippen molar-refractivity contribution in [3.8, 4) is 5.75 Å². The lowest BCUT2D eigenvalue weighted by atomic mass is 9.90. The number of carbonyl (C=O) groups is 2. The predicted molar refractivity (Wildman–Crippen MR) is 95.4 cm³/mol. The number of hydrogen-bond donors (Lipinski definition) is 2. The molecule has 0 aromatic heterocycles. The lowest BCUT2D eigenvalue weighted by Gasteiger charge is -2.23. The third-order valence-electron chi connectivity index (χ3n) is 3.67. The van der Waals surface area contributed by atoms with E-state index in [-0.39, 0.29) is 5.69 Å². The Kier molecular flexibility index (Phi) is 5.64. The van der Waals surface area contributed by atoms with Crippen LogP contribution in [0.5, 0.6) is 5.75 Å². The second kappa shape index (κ2) is 7.53. The molecule has 2 aromatic rings. The van der Waals surface area contributed by atoms with Gasteiger partial charge in [-0.1, -0.05) is 23.7 Å². The van der Waals surface area contributed by atoms with Gasteiger partial charge in [-0.25, -0.2) is 4.39 Å². The van der Waals surface area contributed by atoms with Crippen LogP contribution in [-0.4, -0.2) is 18.9 Å². The van der Waals surface area contributed by atoms with Crippen LogP contribution in [0.3, 0.4) is 0 Å². The predicted octanol–water partition coefficient (Wildman–Crippen LogP) is 4.09. The van der Waals surface area contributed by atoms with Crippen molar-refractivity contribution in [1.29, 1.82) is 0 Å². The highest BCUT2D eigenvalue weighted by molar-refractivity contribution is 6.31. The molecule has 2 rings (SSSR count). The molecule has 0 fully saturated rings. The first-order valence-electron chi connectivity index (χ1n) is 7.46. The third kappa shape index (κ3) is 4.28. The Bertz CT molecular complexity index is 809. The highest BCUT2D eigenvalue weighted by atomic mass is 35.5. The van der Waals surface area contributed by atoms with Crippen LogP contribution in [0.4, 0.5) is 15.8 Å². The second-order valence-electron chi connectivity index (χ2n) is 5.86.